The van der Waals surface area contributed by atoms with E-state index in [4.69, 9.17) is 0 Å². The van der Waals surface area contributed by atoms with Gasteiger partial charge < -0.3 is 5.32 Å². The van der Waals surface area contributed by atoms with Gasteiger partial charge in [-0.15, -0.1) is 11.3 Å². The quantitative estimate of drug-likeness (QED) is 0.790. The van der Waals surface area contributed by atoms with Crippen molar-refractivity contribution in [3.05, 3.63) is 58.7 Å². The molecule has 19 heavy (non-hydrogen) atoms. The first-order valence-electron chi connectivity index (χ1n) is 6.27. The van der Waals surface area contributed by atoms with E-state index in [1.165, 1.54) is 15.8 Å². The molecule has 3 nitrogen and oxygen atoms in total. The first kappa shape index (κ1) is 12.3. The first-order chi connectivity index (χ1) is 9.38. The van der Waals surface area contributed by atoms with E-state index in [1.807, 2.05) is 31.0 Å². The number of pyridine rings is 1. The van der Waals surface area contributed by atoms with E-state index in [0.717, 1.165) is 11.9 Å². The largest absolute Gasteiger partial charge is 0.313 e. The van der Waals surface area contributed by atoms with Crippen LogP contribution < -0.4 is 5.32 Å². The average Bonchev–Trinajstić information content (AvgIpc) is 2.97. The molecule has 0 aliphatic rings. The molecule has 3 rings (SSSR count). The van der Waals surface area contributed by atoms with Gasteiger partial charge in [0, 0.05) is 35.1 Å². The van der Waals surface area contributed by atoms with Gasteiger partial charge >= 0.3 is 0 Å². The van der Waals surface area contributed by atoms with Crippen molar-refractivity contribution < 1.29 is 0 Å². The van der Waals surface area contributed by atoms with E-state index in [0.29, 0.717) is 0 Å². The summed E-state index contributed by atoms with van der Waals surface area (Å²) in [6, 6.07) is 10.7. The molecule has 0 radical (unpaired) electrons. The summed E-state index contributed by atoms with van der Waals surface area (Å²) in [5.74, 6) is 0. The Morgan fingerprint density at radius 3 is 3.00 bits per heavy atom. The number of benzene rings is 1. The third-order valence-corrected chi connectivity index (χ3v) is 4.09. The molecule has 1 aromatic carbocycles. The fourth-order valence-electron chi connectivity index (χ4n) is 2.34. The van der Waals surface area contributed by atoms with E-state index in [9.17, 15) is 0 Å². The zero-order valence-electron chi connectivity index (χ0n) is 10.7. The second-order valence-electron chi connectivity index (χ2n) is 4.43. The smallest absolute Gasteiger partial charge is 0.0794 e. The Bertz CT molecular complexity index is 659. The van der Waals surface area contributed by atoms with E-state index >= 15 is 0 Å². The third-order valence-electron chi connectivity index (χ3n) is 3.29. The monoisotopic (exact) mass is 269 g/mol. The van der Waals surface area contributed by atoms with Crippen molar-refractivity contribution in [1.82, 2.24) is 15.3 Å². The van der Waals surface area contributed by atoms with Gasteiger partial charge in [0.25, 0.3) is 0 Å². The van der Waals surface area contributed by atoms with E-state index < -0.39 is 0 Å². The van der Waals surface area contributed by atoms with Crippen LogP contribution in [0.4, 0.5) is 0 Å². The molecular weight excluding hydrogens is 254 g/mol. The molecule has 0 aliphatic carbocycles. The van der Waals surface area contributed by atoms with E-state index in [2.05, 4.69) is 39.6 Å². The molecule has 0 saturated heterocycles. The summed E-state index contributed by atoms with van der Waals surface area (Å²) >= 11 is 1.70. The van der Waals surface area contributed by atoms with Crippen molar-refractivity contribution in [3.8, 4) is 0 Å². The predicted molar refractivity (Wildman–Crippen MR) is 79.4 cm³/mol. The predicted octanol–water partition coefficient (Wildman–Crippen LogP) is 3.19. The Hall–Kier alpha value is -1.78. The van der Waals surface area contributed by atoms with Gasteiger partial charge in [-0.05, 0) is 24.7 Å². The molecule has 1 atom stereocenters. The number of aromatic nitrogens is 2. The highest BCUT2D eigenvalue weighted by atomic mass is 32.1. The lowest BCUT2D eigenvalue weighted by Crippen LogP contribution is -2.18. The zero-order chi connectivity index (χ0) is 13.1. The van der Waals surface area contributed by atoms with Crippen LogP contribution in [0.1, 0.15) is 16.5 Å². The van der Waals surface area contributed by atoms with Crippen LogP contribution in [0.25, 0.3) is 10.9 Å². The van der Waals surface area contributed by atoms with Gasteiger partial charge in [-0.2, -0.15) is 0 Å². The fraction of sp³-hybridized carbons (Fsp3) is 0.200. The van der Waals surface area contributed by atoms with Crippen LogP contribution in [0.2, 0.25) is 0 Å². The second kappa shape index (κ2) is 5.47. The zero-order valence-corrected chi connectivity index (χ0v) is 11.5. The lowest BCUT2D eigenvalue weighted by atomic mass is 9.98. The minimum Gasteiger partial charge on any atom is -0.313 e. The number of nitrogens with zero attached hydrogens (tertiary/aromatic N) is 2. The summed E-state index contributed by atoms with van der Waals surface area (Å²) in [4.78, 5) is 9.85. The Kier molecular flexibility index (Phi) is 3.53. The lowest BCUT2D eigenvalue weighted by molar-refractivity contribution is 0.600. The van der Waals surface area contributed by atoms with Crippen LogP contribution in [0, 0.1) is 0 Å². The molecule has 0 saturated carbocycles. The van der Waals surface area contributed by atoms with Gasteiger partial charge in [0.15, 0.2) is 0 Å². The molecule has 0 aliphatic heterocycles. The van der Waals surface area contributed by atoms with Gasteiger partial charge in [0.05, 0.1) is 11.0 Å². The van der Waals surface area contributed by atoms with Gasteiger partial charge in [-0.25, -0.2) is 0 Å². The number of thiazole rings is 1. The summed E-state index contributed by atoms with van der Waals surface area (Å²) in [7, 11) is 2.00. The standard InChI is InChI=1S/C15H15N3S/c1-16-15(8-11-9-17-10-19-11)13-4-2-6-14-12(13)5-3-7-18-14/h2-7,9-10,15-16H,8H2,1H3. The van der Waals surface area contributed by atoms with Crippen LogP contribution in [0.15, 0.2) is 48.2 Å². The first-order valence-corrected chi connectivity index (χ1v) is 7.14. The van der Waals surface area contributed by atoms with Crippen LogP contribution in [-0.4, -0.2) is 17.0 Å². The number of hydrogen-bond donors (Lipinski definition) is 1. The topological polar surface area (TPSA) is 37.8 Å². The summed E-state index contributed by atoms with van der Waals surface area (Å²) < 4.78 is 0. The number of likely N-dealkylation sites (N-methyl/N-ethyl adjacent to an activating group) is 1. The Morgan fingerprint density at radius 2 is 2.21 bits per heavy atom. The molecule has 2 aromatic heterocycles. The Balaban J connectivity index is 2.01. The molecule has 2 heterocycles. The molecule has 4 heteroatoms. The van der Waals surface area contributed by atoms with Crippen molar-refractivity contribution >= 4 is 22.2 Å². The van der Waals surface area contributed by atoms with Crippen molar-refractivity contribution in [2.24, 2.45) is 0 Å². The van der Waals surface area contributed by atoms with Gasteiger partial charge in [0.1, 0.15) is 0 Å². The van der Waals surface area contributed by atoms with E-state index in [-0.39, 0.29) is 6.04 Å². The highest BCUT2D eigenvalue weighted by Gasteiger charge is 2.14. The molecule has 0 spiro atoms. The lowest BCUT2D eigenvalue weighted by Gasteiger charge is -2.17. The summed E-state index contributed by atoms with van der Waals surface area (Å²) in [6.07, 6.45) is 4.73. The highest BCUT2D eigenvalue weighted by Crippen LogP contribution is 2.26. The van der Waals surface area contributed by atoms with Crippen LogP contribution >= 0.6 is 11.3 Å². The molecule has 96 valence electrons. The minimum atomic E-state index is 0.286. The maximum absolute atomic E-state index is 4.42. The number of fused-ring (bicyclic) bond motifs is 1. The van der Waals surface area contributed by atoms with Gasteiger partial charge in [0.2, 0.25) is 0 Å². The number of rotatable bonds is 4. The summed E-state index contributed by atoms with van der Waals surface area (Å²) in [5.41, 5.74) is 4.22. The van der Waals surface area contributed by atoms with Crippen molar-refractivity contribution in [3.63, 3.8) is 0 Å². The Morgan fingerprint density at radius 1 is 1.26 bits per heavy atom. The molecule has 1 N–H and O–H groups in total. The molecule has 0 fully saturated rings. The van der Waals surface area contributed by atoms with Gasteiger partial charge in [-0.3, -0.25) is 9.97 Å². The maximum atomic E-state index is 4.42. The van der Waals surface area contributed by atoms with Crippen LogP contribution in [0.5, 0.6) is 0 Å². The van der Waals surface area contributed by atoms with Crippen molar-refractivity contribution in [1.29, 1.82) is 0 Å². The number of nitrogens with one attached hydrogen (secondary N) is 1. The molecule has 3 aromatic rings. The third kappa shape index (κ3) is 2.50. The molecule has 0 bridgehead atoms. The molecular formula is C15H15N3S. The van der Waals surface area contributed by atoms with Crippen molar-refractivity contribution in [2.75, 3.05) is 7.05 Å². The second-order valence-corrected chi connectivity index (χ2v) is 5.40. The highest BCUT2D eigenvalue weighted by molar-refractivity contribution is 7.09. The normalized spacial score (nSPS) is 12.7. The van der Waals surface area contributed by atoms with Gasteiger partial charge in [-0.1, -0.05) is 18.2 Å². The van der Waals surface area contributed by atoms with E-state index in [1.54, 1.807) is 11.3 Å². The Labute approximate surface area is 116 Å². The average molecular weight is 269 g/mol. The molecule has 1 unspecified atom stereocenters. The summed E-state index contributed by atoms with van der Waals surface area (Å²) in [6.45, 7) is 0. The number of hydrogen-bond acceptors (Lipinski definition) is 4. The van der Waals surface area contributed by atoms with Crippen molar-refractivity contribution in [2.45, 2.75) is 12.5 Å². The maximum Gasteiger partial charge on any atom is 0.0794 e. The molecule has 0 amide bonds. The SMILES string of the molecule is CNC(Cc1cncs1)c1cccc2ncccc12. The minimum absolute atomic E-state index is 0.286. The summed E-state index contributed by atoms with van der Waals surface area (Å²) in [5, 5.41) is 4.62. The van der Waals surface area contributed by atoms with Crippen LogP contribution in [-0.2, 0) is 6.42 Å². The van der Waals surface area contributed by atoms with Crippen LogP contribution in [0.3, 0.4) is 0 Å². The fourth-order valence-corrected chi connectivity index (χ4v) is 2.98.